The fourth-order valence-corrected chi connectivity index (χ4v) is 5.62. The number of nitrogens with two attached hydrogens (primary N) is 1. The second kappa shape index (κ2) is 11.6. The van der Waals surface area contributed by atoms with Crippen LogP contribution in [0.1, 0.15) is 30.9 Å². The number of carboxylic acid groups (broad SMARTS) is 1. The van der Waals surface area contributed by atoms with Crippen molar-refractivity contribution in [2.45, 2.75) is 30.3 Å². The summed E-state index contributed by atoms with van der Waals surface area (Å²) in [6.07, 6.45) is 5.99. The van der Waals surface area contributed by atoms with Gasteiger partial charge in [0.25, 0.3) is 0 Å². The minimum Gasteiger partial charge on any atom is -0.497 e. The molecule has 8 heteroatoms. The number of ether oxygens (including phenoxy) is 1. The van der Waals surface area contributed by atoms with E-state index in [1.54, 1.807) is 31.3 Å². The Labute approximate surface area is 204 Å². The number of carboxylic acids is 1. The van der Waals surface area contributed by atoms with E-state index in [4.69, 9.17) is 10.5 Å². The van der Waals surface area contributed by atoms with Gasteiger partial charge in [-0.25, -0.2) is 4.98 Å². The van der Waals surface area contributed by atoms with E-state index in [1.807, 2.05) is 42.5 Å². The molecule has 7 nitrogen and oxygen atoms in total. The molecule has 34 heavy (non-hydrogen) atoms. The minimum absolute atomic E-state index is 0.130. The number of carbonyl (C=O) groups is 1. The molecule has 0 bridgehead atoms. The van der Waals surface area contributed by atoms with Crippen LogP contribution < -0.4 is 10.5 Å². The second-order valence-electron chi connectivity index (χ2n) is 8.78. The first-order valence-corrected chi connectivity index (χ1v) is 12.7. The summed E-state index contributed by atoms with van der Waals surface area (Å²) in [5.41, 5.74) is 8.52. The maximum absolute atomic E-state index is 12.1. The summed E-state index contributed by atoms with van der Waals surface area (Å²) >= 11 is 1.71. The number of likely N-dealkylation sites (tertiary alicyclic amines) is 1. The zero-order chi connectivity index (χ0) is 23.9. The van der Waals surface area contributed by atoms with Gasteiger partial charge in [0, 0.05) is 42.7 Å². The molecule has 0 unspecified atom stereocenters. The highest BCUT2D eigenvalue weighted by Gasteiger charge is 2.34. The highest BCUT2D eigenvalue weighted by Crippen LogP contribution is 2.33. The summed E-state index contributed by atoms with van der Waals surface area (Å²) in [4.78, 5) is 23.1. The molecule has 0 amide bonds. The molecule has 3 N–H and O–H groups in total. The third kappa shape index (κ3) is 6.05. The maximum atomic E-state index is 12.1. The number of methoxy groups -OCH3 is 1. The molecule has 1 aliphatic heterocycles. The SMILES string of the molecule is COc1ccc2nccc([C@@H](N)CC[C@@H]3CCN(CCSc4ccccn4)C[C@@H]3C(=O)O)c2c1. The van der Waals surface area contributed by atoms with Crippen LogP contribution in [0.5, 0.6) is 5.75 Å². The highest BCUT2D eigenvalue weighted by molar-refractivity contribution is 7.99. The van der Waals surface area contributed by atoms with Crippen molar-refractivity contribution in [1.82, 2.24) is 14.9 Å². The molecular weight excluding hydrogens is 448 g/mol. The Bertz CT molecular complexity index is 1100. The van der Waals surface area contributed by atoms with Crippen molar-refractivity contribution in [1.29, 1.82) is 0 Å². The molecule has 3 atom stereocenters. The molecule has 0 aliphatic carbocycles. The number of pyridine rings is 2. The van der Waals surface area contributed by atoms with Crippen LogP contribution in [0, 0.1) is 11.8 Å². The first kappa shape index (κ1) is 24.4. The van der Waals surface area contributed by atoms with Crippen molar-refractivity contribution in [2.24, 2.45) is 17.6 Å². The number of benzene rings is 1. The minimum atomic E-state index is -0.709. The molecule has 1 aromatic carbocycles. The van der Waals surface area contributed by atoms with Crippen LogP contribution in [0.4, 0.5) is 0 Å². The lowest BCUT2D eigenvalue weighted by Gasteiger charge is -2.37. The maximum Gasteiger partial charge on any atom is 0.308 e. The average Bonchev–Trinajstić information content (AvgIpc) is 2.87. The number of thioether (sulfide) groups is 1. The van der Waals surface area contributed by atoms with E-state index in [0.29, 0.717) is 6.54 Å². The lowest BCUT2D eigenvalue weighted by atomic mass is 9.81. The van der Waals surface area contributed by atoms with Gasteiger partial charge in [-0.1, -0.05) is 6.07 Å². The first-order valence-electron chi connectivity index (χ1n) is 11.7. The first-order chi connectivity index (χ1) is 16.5. The number of piperidine rings is 1. The second-order valence-corrected chi connectivity index (χ2v) is 9.89. The van der Waals surface area contributed by atoms with Gasteiger partial charge in [0.05, 0.1) is 23.6 Å². The van der Waals surface area contributed by atoms with Crippen LogP contribution in [-0.4, -0.2) is 58.4 Å². The van der Waals surface area contributed by atoms with Crippen LogP contribution >= 0.6 is 11.8 Å². The summed E-state index contributed by atoms with van der Waals surface area (Å²) in [7, 11) is 1.65. The van der Waals surface area contributed by atoms with Gasteiger partial charge in [-0.15, -0.1) is 11.8 Å². The number of rotatable bonds is 10. The van der Waals surface area contributed by atoms with E-state index in [-0.39, 0.29) is 17.9 Å². The van der Waals surface area contributed by atoms with E-state index in [1.165, 1.54) is 0 Å². The van der Waals surface area contributed by atoms with Crippen molar-refractivity contribution in [3.05, 3.63) is 60.4 Å². The summed E-state index contributed by atoms with van der Waals surface area (Å²) < 4.78 is 5.37. The molecule has 0 spiro atoms. The fourth-order valence-electron chi connectivity index (χ4n) is 4.75. The molecule has 2 aromatic heterocycles. The van der Waals surface area contributed by atoms with Crippen molar-refractivity contribution in [3.63, 3.8) is 0 Å². The smallest absolute Gasteiger partial charge is 0.308 e. The van der Waals surface area contributed by atoms with E-state index >= 15 is 0 Å². The highest BCUT2D eigenvalue weighted by atomic mass is 32.2. The number of aromatic nitrogens is 2. The van der Waals surface area contributed by atoms with E-state index in [2.05, 4.69) is 14.9 Å². The molecule has 1 fully saturated rings. The number of hydrogen-bond donors (Lipinski definition) is 2. The Kier molecular flexibility index (Phi) is 8.37. The normalized spacial score (nSPS) is 19.7. The van der Waals surface area contributed by atoms with Gasteiger partial charge in [-0.3, -0.25) is 9.78 Å². The Balaban J connectivity index is 1.34. The Morgan fingerprint density at radius 3 is 2.91 bits per heavy atom. The van der Waals surface area contributed by atoms with E-state index in [0.717, 1.165) is 65.3 Å². The van der Waals surface area contributed by atoms with Crippen LogP contribution in [0.2, 0.25) is 0 Å². The molecule has 1 saturated heterocycles. The summed E-state index contributed by atoms with van der Waals surface area (Å²) in [5.74, 6) is 0.728. The zero-order valence-corrected chi connectivity index (χ0v) is 20.3. The summed E-state index contributed by atoms with van der Waals surface area (Å²) in [5, 5.41) is 11.9. The van der Waals surface area contributed by atoms with Gasteiger partial charge < -0.3 is 20.5 Å². The third-order valence-electron chi connectivity index (χ3n) is 6.68. The largest absolute Gasteiger partial charge is 0.497 e. The zero-order valence-electron chi connectivity index (χ0n) is 19.5. The predicted octanol–water partition coefficient (Wildman–Crippen LogP) is 4.23. The van der Waals surface area contributed by atoms with Gasteiger partial charge in [-0.2, -0.15) is 0 Å². The van der Waals surface area contributed by atoms with Crippen molar-refractivity contribution < 1.29 is 14.6 Å². The number of hydrogen-bond acceptors (Lipinski definition) is 7. The van der Waals surface area contributed by atoms with E-state index < -0.39 is 5.97 Å². The number of aliphatic carboxylic acids is 1. The molecule has 0 radical (unpaired) electrons. The molecule has 180 valence electrons. The number of nitrogens with zero attached hydrogens (tertiary/aromatic N) is 3. The number of fused-ring (bicyclic) bond motifs is 1. The van der Waals surface area contributed by atoms with Crippen LogP contribution in [0.15, 0.2) is 59.9 Å². The monoisotopic (exact) mass is 480 g/mol. The van der Waals surface area contributed by atoms with Gasteiger partial charge in [0.2, 0.25) is 0 Å². The lowest BCUT2D eigenvalue weighted by Crippen LogP contribution is -2.44. The van der Waals surface area contributed by atoms with Gasteiger partial charge >= 0.3 is 5.97 Å². The molecular formula is C26H32N4O3S. The lowest BCUT2D eigenvalue weighted by molar-refractivity contribution is -0.146. The van der Waals surface area contributed by atoms with Gasteiger partial charge in [0.1, 0.15) is 5.75 Å². The average molecular weight is 481 g/mol. The van der Waals surface area contributed by atoms with Gasteiger partial charge in [-0.05, 0) is 73.7 Å². The standard InChI is InChI=1S/C26H32N4O3S/c1-33-19-6-8-24-21(16-19)20(9-12-28-24)23(27)7-5-18-10-13-30(17-22(18)26(31)32)14-15-34-25-4-2-3-11-29-25/h2-4,6,8-9,11-12,16,18,22-23H,5,7,10,13-15,17,27H2,1H3,(H,31,32)/t18-,22+,23+/m1/s1. The summed E-state index contributed by atoms with van der Waals surface area (Å²) in [6, 6.07) is 13.5. The molecule has 0 saturated carbocycles. The molecule has 4 rings (SSSR count). The fraction of sp³-hybridized carbons (Fsp3) is 0.423. The predicted molar refractivity (Wildman–Crippen MR) is 135 cm³/mol. The molecule has 1 aliphatic rings. The van der Waals surface area contributed by atoms with Crippen LogP contribution in [-0.2, 0) is 4.79 Å². The Hall–Kier alpha value is -2.68. The van der Waals surface area contributed by atoms with Crippen molar-refractivity contribution >= 4 is 28.6 Å². The van der Waals surface area contributed by atoms with Crippen molar-refractivity contribution in [3.8, 4) is 5.75 Å². The quantitative estimate of drug-likeness (QED) is 0.416. The molecule has 3 heterocycles. The van der Waals surface area contributed by atoms with Gasteiger partial charge in [0.15, 0.2) is 0 Å². The van der Waals surface area contributed by atoms with Crippen molar-refractivity contribution in [2.75, 3.05) is 32.5 Å². The summed E-state index contributed by atoms with van der Waals surface area (Å²) in [6.45, 7) is 2.37. The topological polar surface area (TPSA) is 102 Å². The Morgan fingerprint density at radius 2 is 2.15 bits per heavy atom. The van der Waals surface area contributed by atoms with Crippen LogP contribution in [0.25, 0.3) is 10.9 Å². The van der Waals surface area contributed by atoms with E-state index in [9.17, 15) is 9.90 Å². The Morgan fingerprint density at radius 1 is 1.26 bits per heavy atom. The molecule has 3 aromatic rings. The van der Waals surface area contributed by atoms with Crippen LogP contribution in [0.3, 0.4) is 0 Å². The third-order valence-corrected chi connectivity index (χ3v) is 7.61.